The summed E-state index contributed by atoms with van der Waals surface area (Å²) in [5.41, 5.74) is 0.480. The van der Waals surface area contributed by atoms with Gasteiger partial charge >= 0.3 is 6.09 Å². The second-order valence-corrected chi connectivity index (χ2v) is 6.73. The first kappa shape index (κ1) is 23.7. The molecule has 28 heavy (non-hydrogen) atoms. The molecule has 0 aliphatic heterocycles. The second kappa shape index (κ2) is 11.5. The van der Waals surface area contributed by atoms with Gasteiger partial charge in [-0.1, -0.05) is 18.2 Å². The Bertz CT molecular complexity index is 757. The Labute approximate surface area is 182 Å². The molecule has 2 aromatic rings. The summed E-state index contributed by atoms with van der Waals surface area (Å²) in [6.45, 7) is 6.84. The number of nitrogens with one attached hydrogen (secondary N) is 3. The predicted molar refractivity (Wildman–Crippen MR) is 119 cm³/mol. The van der Waals surface area contributed by atoms with E-state index in [2.05, 4.69) is 31.1 Å². The van der Waals surface area contributed by atoms with Gasteiger partial charge in [0.25, 0.3) is 0 Å². The van der Waals surface area contributed by atoms with E-state index < -0.39 is 11.7 Å². The minimum Gasteiger partial charge on any atom is -0.444 e. The highest BCUT2D eigenvalue weighted by Crippen LogP contribution is 2.08. The Balaban J connectivity index is 0.00000392. The first-order valence-corrected chi connectivity index (χ1v) is 8.75. The monoisotopic (exact) mass is 501 g/mol. The molecule has 0 bridgehead atoms. The zero-order valence-corrected chi connectivity index (χ0v) is 18.9. The van der Waals surface area contributed by atoms with Crippen molar-refractivity contribution >= 4 is 36.0 Å². The topological polar surface area (TPSA) is 105 Å². The molecule has 2 rings (SSSR count). The molecule has 1 amide bonds. The van der Waals surface area contributed by atoms with Gasteiger partial charge in [0.1, 0.15) is 11.9 Å². The van der Waals surface area contributed by atoms with E-state index in [0.717, 1.165) is 11.5 Å². The van der Waals surface area contributed by atoms with E-state index >= 15 is 0 Å². The number of carbonyl (C=O) groups is 1. The minimum absolute atomic E-state index is 0. The summed E-state index contributed by atoms with van der Waals surface area (Å²) in [7, 11) is 1.68. The van der Waals surface area contributed by atoms with E-state index in [9.17, 15) is 4.79 Å². The molecule has 9 nitrogen and oxygen atoms in total. The Kier molecular flexibility index (Phi) is 9.69. The molecular formula is C18H28IN7O2. The minimum atomic E-state index is -0.510. The summed E-state index contributed by atoms with van der Waals surface area (Å²) < 4.78 is 7.09. The fraction of sp³-hybridized carbons (Fsp3) is 0.444. The zero-order valence-electron chi connectivity index (χ0n) is 16.6. The van der Waals surface area contributed by atoms with Crippen LogP contribution in [-0.4, -0.2) is 52.6 Å². The van der Waals surface area contributed by atoms with Crippen molar-refractivity contribution in [3.05, 3.63) is 42.5 Å². The van der Waals surface area contributed by atoms with E-state index in [1.807, 2.05) is 55.7 Å². The Morgan fingerprint density at radius 1 is 1.14 bits per heavy atom. The number of benzene rings is 1. The van der Waals surface area contributed by atoms with Gasteiger partial charge < -0.3 is 20.7 Å². The lowest BCUT2D eigenvalue weighted by atomic mass is 10.2. The number of halogens is 1. The third-order valence-electron chi connectivity index (χ3n) is 3.38. The molecule has 0 radical (unpaired) electrons. The molecule has 154 valence electrons. The SMILES string of the molecule is CN=C(NCCNC(=O)OC(C)(C)C)NCc1nncn1-c1ccccc1.I. The van der Waals surface area contributed by atoms with Crippen molar-refractivity contribution in [3.63, 3.8) is 0 Å². The number of carbonyl (C=O) groups excluding carboxylic acids is 1. The van der Waals surface area contributed by atoms with Crippen molar-refractivity contribution < 1.29 is 9.53 Å². The Morgan fingerprint density at radius 3 is 2.46 bits per heavy atom. The Hall–Kier alpha value is -2.37. The first-order chi connectivity index (χ1) is 12.9. The van der Waals surface area contributed by atoms with Crippen LogP contribution in [0.3, 0.4) is 0 Å². The molecule has 0 saturated heterocycles. The highest BCUT2D eigenvalue weighted by Gasteiger charge is 2.15. The number of amides is 1. The van der Waals surface area contributed by atoms with Crippen LogP contribution in [0.15, 0.2) is 41.7 Å². The molecule has 0 fully saturated rings. The van der Waals surface area contributed by atoms with Crippen molar-refractivity contribution in [1.29, 1.82) is 0 Å². The van der Waals surface area contributed by atoms with Gasteiger partial charge in [0.05, 0.1) is 6.54 Å². The van der Waals surface area contributed by atoms with E-state index in [4.69, 9.17) is 4.74 Å². The van der Waals surface area contributed by atoms with Crippen LogP contribution in [-0.2, 0) is 11.3 Å². The number of alkyl carbamates (subject to hydrolysis) is 1. The van der Waals surface area contributed by atoms with Crippen LogP contribution in [0.25, 0.3) is 5.69 Å². The normalized spacial score (nSPS) is 11.4. The molecule has 0 aliphatic rings. The number of nitrogens with zero attached hydrogens (tertiary/aromatic N) is 4. The molecular weight excluding hydrogens is 473 g/mol. The molecule has 1 aromatic carbocycles. The average molecular weight is 501 g/mol. The lowest BCUT2D eigenvalue weighted by Crippen LogP contribution is -2.42. The summed E-state index contributed by atoms with van der Waals surface area (Å²) >= 11 is 0. The number of hydrogen-bond donors (Lipinski definition) is 3. The maximum absolute atomic E-state index is 11.6. The van der Waals surface area contributed by atoms with Crippen LogP contribution in [0.2, 0.25) is 0 Å². The van der Waals surface area contributed by atoms with E-state index in [0.29, 0.717) is 25.6 Å². The van der Waals surface area contributed by atoms with Crippen LogP contribution in [0.1, 0.15) is 26.6 Å². The smallest absolute Gasteiger partial charge is 0.407 e. The van der Waals surface area contributed by atoms with Crippen LogP contribution < -0.4 is 16.0 Å². The van der Waals surface area contributed by atoms with Crippen LogP contribution >= 0.6 is 24.0 Å². The van der Waals surface area contributed by atoms with Crippen molar-refractivity contribution in [3.8, 4) is 5.69 Å². The molecule has 0 saturated carbocycles. The van der Waals surface area contributed by atoms with Gasteiger partial charge in [0.15, 0.2) is 11.8 Å². The standard InChI is InChI=1S/C18H27N7O2.HI/c1-18(2,3)27-17(26)21-11-10-20-16(19-4)22-12-15-24-23-13-25(15)14-8-6-5-7-9-14;/h5-9,13H,10-12H2,1-4H3,(H,21,26)(H2,19,20,22);1H. The lowest BCUT2D eigenvalue weighted by Gasteiger charge is -2.19. The predicted octanol–water partition coefficient (Wildman–Crippen LogP) is 2.07. The van der Waals surface area contributed by atoms with Crippen LogP contribution in [0.5, 0.6) is 0 Å². The molecule has 1 heterocycles. The van der Waals surface area contributed by atoms with Gasteiger partial charge in [-0.3, -0.25) is 9.56 Å². The van der Waals surface area contributed by atoms with Crippen LogP contribution in [0.4, 0.5) is 4.79 Å². The van der Waals surface area contributed by atoms with Gasteiger partial charge in [0.2, 0.25) is 0 Å². The fourth-order valence-corrected chi connectivity index (χ4v) is 2.23. The molecule has 0 unspecified atom stereocenters. The van der Waals surface area contributed by atoms with Gasteiger partial charge in [-0.05, 0) is 32.9 Å². The fourth-order valence-electron chi connectivity index (χ4n) is 2.23. The summed E-state index contributed by atoms with van der Waals surface area (Å²) in [5, 5.41) is 17.1. The zero-order chi connectivity index (χ0) is 19.7. The number of para-hydroxylation sites is 1. The number of rotatable bonds is 6. The highest BCUT2D eigenvalue weighted by atomic mass is 127. The largest absolute Gasteiger partial charge is 0.444 e. The maximum atomic E-state index is 11.6. The third-order valence-corrected chi connectivity index (χ3v) is 3.38. The van der Waals surface area contributed by atoms with Crippen molar-refractivity contribution in [2.75, 3.05) is 20.1 Å². The summed E-state index contributed by atoms with van der Waals surface area (Å²) in [6.07, 6.45) is 1.23. The van der Waals surface area contributed by atoms with Crippen LogP contribution in [0, 0.1) is 0 Å². The van der Waals surface area contributed by atoms with Gasteiger partial charge in [-0.25, -0.2) is 4.79 Å². The second-order valence-electron chi connectivity index (χ2n) is 6.73. The number of ether oxygens (including phenoxy) is 1. The molecule has 10 heteroatoms. The van der Waals surface area contributed by atoms with Crippen molar-refractivity contribution in [2.24, 2.45) is 4.99 Å². The Morgan fingerprint density at radius 2 is 1.82 bits per heavy atom. The summed E-state index contributed by atoms with van der Waals surface area (Å²) in [4.78, 5) is 15.8. The van der Waals surface area contributed by atoms with Gasteiger partial charge in [-0.15, -0.1) is 34.2 Å². The number of guanidine groups is 1. The number of aliphatic imine (C=N–C) groups is 1. The number of hydrogen-bond acceptors (Lipinski definition) is 5. The highest BCUT2D eigenvalue weighted by molar-refractivity contribution is 14.0. The third kappa shape index (κ3) is 8.11. The summed E-state index contributed by atoms with van der Waals surface area (Å²) in [6, 6.07) is 9.86. The molecule has 1 aromatic heterocycles. The van der Waals surface area contributed by atoms with Gasteiger partial charge in [0, 0.05) is 25.8 Å². The van der Waals surface area contributed by atoms with Crippen molar-refractivity contribution in [1.82, 2.24) is 30.7 Å². The molecule has 0 atom stereocenters. The van der Waals surface area contributed by atoms with E-state index in [1.165, 1.54) is 0 Å². The molecule has 0 aliphatic carbocycles. The first-order valence-electron chi connectivity index (χ1n) is 8.75. The molecule has 0 spiro atoms. The van der Waals surface area contributed by atoms with E-state index in [1.54, 1.807) is 13.4 Å². The lowest BCUT2D eigenvalue weighted by molar-refractivity contribution is 0.0529. The van der Waals surface area contributed by atoms with E-state index in [-0.39, 0.29) is 24.0 Å². The quantitative estimate of drug-likeness (QED) is 0.242. The average Bonchev–Trinajstić information content (AvgIpc) is 3.09. The van der Waals surface area contributed by atoms with Crippen molar-refractivity contribution in [2.45, 2.75) is 32.9 Å². The van der Waals surface area contributed by atoms with Gasteiger partial charge in [-0.2, -0.15) is 0 Å². The number of aromatic nitrogens is 3. The summed E-state index contributed by atoms with van der Waals surface area (Å²) in [5.74, 6) is 1.36. The maximum Gasteiger partial charge on any atom is 0.407 e. The molecule has 3 N–H and O–H groups in total.